The molecule has 35 heavy (non-hydrogen) atoms. The number of ether oxygens (including phenoxy) is 1. The van der Waals surface area contributed by atoms with Crippen molar-refractivity contribution in [3.8, 4) is 5.75 Å². The van der Waals surface area contributed by atoms with Gasteiger partial charge in [0.15, 0.2) is 5.03 Å². The third-order valence-electron chi connectivity index (χ3n) is 7.91. The zero-order valence-electron chi connectivity index (χ0n) is 20.2. The molecule has 1 aliphatic carbocycles. The summed E-state index contributed by atoms with van der Waals surface area (Å²) in [6.07, 6.45) is 10.3. The number of hydrogen-bond acceptors (Lipinski definition) is 5. The molecule has 1 aromatic heterocycles. The van der Waals surface area contributed by atoms with E-state index in [4.69, 9.17) is 4.74 Å². The molecule has 2 aromatic rings. The number of nitrogens with zero attached hydrogens (tertiary/aromatic N) is 3. The van der Waals surface area contributed by atoms with E-state index in [0.29, 0.717) is 37.6 Å². The molecule has 0 N–H and O–H groups in total. The van der Waals surface area contributed by atoms with Gasteiger partial charge in [-0.15, -0.1) is 0 Å². The first-order valence-electron chi connectivity index (χ1n) is 13.0. The molecule has 1 saturated carbocycles. The Kier molecular flexibility index (Phi) is 7.39. The van der Waals surface area contributed by atoms with E-state index in [1.54, 1.807) is 12.1 Å². The first kappa shape index (κ1) is 24.3. The average molecular weight is 498 g/mol. The highest BCUT2D eigenvalue weighted by Crippen LogP contribution is 2.36. The van der Waals surface area contributed by atoms with Crippen LogP contribution in [0, 0.1) is 11.8 Å². The minimum atomic E-state index is -3.54. The molecule has 8 heteroatoms. The van der Waals surface area contributed by atoms with Gasteiger partial charge in [-0.1, -0.05) is 18.9 Å². The lowest BCUT2D eigenvalue weighted by atomic mass is 9.78. The summed E-state index contributed by atoms with van der Waals surface area (Å²) in [6, 6.07) is 12.9. The fourth-order valence-electron chi connectivity index (χ4n) is 5.90. The van der Waals surface area contributed by atoms with E-state index in [0.717, 1.165) is 43.5 Å². The van der Waals surface area contributed by atoms with Crippen LogP contribution < -0.4 is 4.74 Å². The summed E-state index contributed by atoms with van der Waals surface area (Å²) in [6.45, 7) is 2.35. The third-order valence-corrected chi connectivity index (χ3v) is 9.72. The van der Waals surface area contributed by atoms with Crippen LogP contribution in [-0.2, 0) is 10.0 Å². The summed E-state index contributed by atoms with van der Waals surface area (Å²) in [4.78, 5) is 19.3. The van der Waals surface area contributed by atoms with Crippen LogP contribution in [0.25, 0.3) is 0 Å². The zero-order valence-corrected chi connectivity index (χ0v) is 21.0. The van der Waals surface area contributed by atoms with Gasteiger partial charge in [0.05, 0.1) is 6.61 Å². The molecule has 3 aliphatic rings. The van der Waals surface area contributed by atoms with Gasteiger partial charge in [0.2, 0.25) is 0 Å². The number of carbonyl (C=O) groups excluding carboxylic acids is 1. The number of hydrogen-bond donors (Lipinski definition) is 0. The second-order valence-corrected chi connectivity index (χ2v) is 12.0. The second-order valence-electron chi connectivity index (χ2n) is 10.1. The van der Waals surface area contributed by atoms with Crippen molar-refractivity contribution in [2.24, 2.45) is 11.8 Å². The molecular formula is C27H35N3O4S. The van der Waals surface area contributed by atoms with E-state index >= 15 is 0 Å². The Morgan fingerprint density at radius 3 is 2.40 bits per heavy atom. The molecule has 3 fully saturated rings. The molecule has 1 aromatic carbocycles. The van der Waals surface area contributed by atoms with Gasteiger partial charge in [0.1, 0.15) is 5.75 Å². The molecule has 2 unspecified atom stereocenters. The highest BCUT2D eigenvalue weighted by molar-refractivity contribution is 7.89. The highest BCUT2D eigenvalue weighted by Gasteiger charge is 2.36. The van der Waals surface area contributed by atoms with E-state index in [9.17, 15) is 13.2 Å². The summed E-state index contributed by atoms with van der Waals surface area (Å²) < 4.78 is 33.0. The van der Waals surface area contributed by atoms with Gasteiger partial charge < -0.3 is 9.64 Å². The van der Waals surface area contributed by atoms with Crippen molar-refractivity contribution >= 4 is 15.9 Å². The van der Waals surface area contributed by atoms with E-state index in [-0.39, 0.29) is 10.9 Å². The highest BCUT2D eigenvalue weighted by atomic mass is 32.2. The van der Waals surface area contributed by atoms with Gasteiger partial charge in [0.25, 0.3) is 15.9 Å². The fraction of sp³-hybridized carbons (Fsp3) is 0.556. The number of piperidine rings is 2. The number of sulfonamides is 1. The number of carbonyl (C=O) groups is 1. The molecule has 188 valence electrons. The zero-order chi connectivity index (χ0) is 24.3. The molecule has 5 rings (SSSR count). The van der Waals surface area contributed by atoms with E-state index < -0.39 is 10.0 Å². The Morgan fingerprint density at radius 2 is 1.66 bits per heavy atom. The predicted molar refractivity (Wildman–Crippen MR) is 134 cm³/mol. The van der Waals surface area contributed by atoms with Crippen LogP contribution in [0.2, 0.25) is 0 Å². The maximum atomic E-state index is 13.2. The smallest absolute Gasteiger partial charge is 0.260 e. The SMILES string of the molecule is O=C(c1ccc(OCC2CCN(S(=O)(=O)c3ccccn3)CC2)cc1)N1CCCC2CCCCC21. The lowest BCUT2D eigenvalue weighted by Crippen LogP contribution is -2.49. The van der Waals surface area contributed by atoms with Crippen molar-refractivity contribution in [2.75, 3.05) is 26.2 Å². The van der Waals surface area contributed by atoms with Crippen molar-refractivity contribution in [1.82, 2.24) is 14.2 Å². The number of aromatic nitrogens is 1. The van der Waals surface area contributed by atoms with Gasteiger partial charge in [-0.2, -0.15) is 4.31 Å². The summed E-state index contributed by atoms with van der Waals surface area (Å²) in [5.41, 5.74) is 0.733. The van der Waals surface area contributed by atoms with E-state index in [2.05, 4.69) is 9.88 Å². The van der Waals surface area contributed by atoms with Gasteiger partial charge in [-0.3, -0.25) is 4.79 Å². The molecule has 7 nitrogen and oxygen atoms in total. The third kappa shape index (κ3) is 5.38. The van der Waals surface area contributed by atoms with Crippen LogP contribution in [0.1, 0.15) is 61.7 Å². The van der Waals surface area contributed by atoms with E-state index in [1.165, 1.54) is 42.3 Å². The minimum Gasteiger partial charge on any atom is -0.493 e. The van der Waals surface area contributed by atoms with Crippen LogP contribution in [0.4, 0.5) is 0 Å². The fourth-order valence-corrected chi connectivity index (χ4v) is 7.30. The number of likely N-dealkylation sites (tertiary alicyclic amines) is 1. The molecule has 2 atom stereocenters. The average Bonchev–Trinajstić information content (AvgIpc) is 2.92. The largest absolute Gasteiger partial charge is 0.493 e. The van der Waals surface area contributed by atoms with Crippen LogP contribution in [0.15, 0.2) is 53.7 Å². The van der Waals surface area contributed by atoms with Gasteiger partial charge in [-0.25, -0.2) is 13.4 Å². The van der Waals surface area contributed by atoms with Crippen molar-refractivity contribution in [1.29, 1.82) is 0 Å². The number of amides is 1. The molecule has 0 bridgehead atoms. The van der Waals surface area contributed by atoms with Gasteiger partial charge in [0, 0.05) is 37.4 Å². The lowest BCUT2D eigenvalue weighted by molar-refractivity contribution is 0.0390. The Hall–Kier alpha value is -2.45. The Bertz CT molecular complexity index is 1100. The maximum Gasteiger partial charge on any atom is 0.260 e. The maximum absolute atomic E-state index is 13.2. The quantitative estimate of drug-likeness (QED) is 0.593. The van der Waals surface area contributed by atoms with Crippen LogP contribution in [0.3, 0.4) is 0 Å². The summed E-state index contributed by atoms with van der Waals surface area (Å²) in [7, 11) is -3.54. The molecule has 1 amide bonds. The predicted octanol–water partition coefficient (Wildman–Crippen LogP) is 4.36. The second kappa shape index (κ2) is 10.7. The Labute approximate surface area is 208 Å². The normalized spacial score (nSPS) is 24.1. The Morgan fingerprint density at radius 1 is 0.914 bits per heavy atom. The van der Waals surface area contributed by atoms with Crippen LogP contribution in [0.5, 0.6) is 5.75 Å². The van der Waals surface area contributed by atoms with Gasteiger partial charge in [-0.05, 0) is 86.8 Å². The number of fused-ring (bicyclic) bond motifs is 1. The van der Waals surface area contributed by atoms with Crippen molar-refractivity contribution in [3.63, 3.8) is 0 Å². The number of rotatable bonds is 6. The lowest BCUT2D eigenvalue weighted by Gasteiger charge is -2.44. The van der Waals surface area contributed by atoms with Crippen LogP contribution >= 0.6 is 0 Å². The number of pyridine rings is 1. The van der Waals surface area contributed by atoms with Crippen molar-refractivity contribution < 1.29 is 17.9 Å². The van der Waals surface area contributed by atoms with Crippen molar-refractivity contribution in [3.05, 3.63) is 54.2 Å². The van der Waals surface area contributed by atoms with Gasteiger partial charge >= 0.3 is 0 Å². The van der Waals surface area contributed by atoms with Crippen molar-refractivity contribution in [2.45, 2.75) is 62.4 Å². The summed E-state index contributed by atoms with van der Waals surface area (Å²) in [5.74, 6) is 1.87. The first-order chi connectivity index (χ1) is 17.0. The minimum absolute atomic E-state index is 0.105. The topological polar surface area (TPSA) is 79.8 Å². The molecule has 0 radical (unpaired) electrons. The number of benzene rings is 1. The molecule has 0 spiro atoms. The molecular weight excluding hydrogens is 462 g/mol. The standard InChI is InChI=1S/C27H35N3O4S/c31-27(30-17-5-7-22-6-1-2-8-25(22)30)23-10-12-24(13-11-23)34-20-21-14-18-29(19-15-21)35(32,33)26-9-3-4-16-28-26/h3-4,9-13,16,21-22,25H,1-2,5-8,14-15,17-20H2. The van der Waals surface area contributed by atoms with E-state index in [1.807, 2.05) is 24.3 Å². The Balaban J connectivity index is 1.12. The van der Waals surface area contributed by atoms with Crippen LogP contribution in [-0.4, -0.2) is 60.8 Å². The molecule has 2 saturated heterocycles. The monoisotopic (exact) mass is 497 g/mol. The summed E-state index contributed by atoms with van der Waals surface area (Å²) >= 11 is 0. The molecule has 2 aliphatic heterocycles. The first-order valence-corrected chi connectivity index (χ1v) is 14.4. The molecule has 3 heterocycles. The summed E-state index contributed by atoms with van der Waals surface area (Å²) in [5, 5.41) is 0.105.